The number of aromatic nitrogens is 2. The largest absolute Gasteiger partial charge is 0.478 e. The lowest BCUT2D eigenvalue weighted by Crippen LogP contribution is -2.38. The van der Waals surface area contributed by atoms with Gasteiger partial charge in [0.25, 0.3) is 0 Å². The van der Waals surface area contributed by atoms with E-state index in [1.54, 1.807) is 24.4 Å². The Balaban J connectivity index is 1.41. The summed E-state index contributed by atoms with van der Waals surface area (Å²) in [5, 5.41) is 15.8. The van der Waals surface area contributed by atoms with Gasteiger partial charge in [0.05, 0.1) is 11.8 Å². The van der Waals surface area contributed by atoms with Crippen molar-refractivity contribution in [1.29, 1.82) is 0 Å². The number of hydrogen-bond acceptors (Lipinski definition) is 3. The van der Waals surface area contributed by atoms with E-state index in [2.05, 4.69) is 10.2 Å². The fraction of sp³-hybridized carbons (Fsp3) is 0.450. The van der Waals surface area contributed by atoms with E-state index in [4.69, 9.17) is 5.11 Å². The van der Waals surface area contributed by atoms with Crippen LogP contribution in [0.2, 0.25) is 0 Å². The van der Waals surface area contributed by atoms with Crippen molar-refractivity contribution in [2.24, 2.45) is 5.92 Å². The van der Waals surface area contributed by atoms with Crippen LogP contribution in [0, 0.1) is 5.92 Å². The summed E-state index contributed by atoms with van der Waals surface area (Å²) in [4.78, 5) is 25.4. The van der Waals surface area contributed by atoms with Gasteiger partial charge in [0.1, 0.15) is 0 Å². The number of carboxylic acids is 1. The van der Waals surface area contributed by atoms with Crippen LogP contribution in [0.15, 0.2) is 36.7 Å². The van der Waals surface area contributed by atoms with Crippen molar-refractivity contribution in [3.63, 3.8) is 0 Å². The second-order valence-corrected chi connectivity index (χ2v) is 6.99. The predicted molar refractivity (Wildman–Crippen MR) is 97.9 cm³/mol. The molecule has 1 aliphatic heterocycles. The summed E-state index contributed by atoms with van der Waals surface area (Å²) in [6.45, 7) is 1.60. The molecular formula is C20H25N3O3. The third-order valence-corrected chi connectivity index (χ3v) is 5.08. The number of likely N-dealkylation sites (tertiary alicyclic amines) is 1. The topological polar surface area (TPSA) is 86.3 Å². The quantitative estimate of drug-likeness (QED) is 0.799. The van der Waals surface area contributed by atoms with Crippen LogP contribution >= 0.6 is 0 Å². The fourth-order valence-corrected chi connectivity index (χ4v) is 3.57. The third kappa shape index (κ3) is 4.94. The zero-order valence-corrected chi connectivity index (χ0v) is 14.9. The lowest BCUT2D eigenvalue weighted by molar-refractivity contribution is -0.132. The minimum absolute atomic E-state index is 0.236. The summed E-state index contributed by atoms with van der Waals surface area (Å²) in [5.74, 6) is -0.142. The number of carbonyl (C=O) groups is 2. The molecule has 0 radical (unpaired) electrons. The molecule has 0 saturated carbocycles. The maximum Gasteiger partial charge on any atom is 0.335 e. The molecule has 1 amide bonds. The number of aromatic amines is 1. The minimum Gasteiger partial charge on any atom is -0.478 e. The maximum absolute atomic E-state index is 12.3. The van der Waals surface area contributed by atoms with Gasteiger partial charge in [0, 0.05) is 25.7 Å². The summed E-state index contributed by atoms with van der Waals surface area (Å²) >= 11 is 0. The summed E-state index contributed by atoms with van der Waals surface area (Å²) in [5.41, 5.74) is 2.54. The monoisotopic (exact) mass is 355 g/mol. The number of carbonyl (C=O) groups excluding carboxylic acids is 1. The molecule has 1 aromatic heterocycles. The molecule has 6 heteroatoms. The number of carboxylic acid groups (broad SMARTS) is 1. The summed E-state index contributed by atoms with van der Waals surface area (Å²) in [7, 11) is 0. The summed E-state index contributed by atoms with van der Waals surface area (Å²) < 4.78 is 0. The number of nitrogens with one attached hydrogen (secondary N) is 1. The first kappa shape index (κ1) is 18.2. The molecule has 0 bridgehead atoms. The standard InChI is InChI=1S/C20H25N3O3/c24-19(6-2-4-17-13-21-22-14-17)23-9-7-15(8-10-23)11-16-3-1-5-18(12-16)20(25)26/h1,3,5,12-15H,2,4,6-11H2,(H,21,22)(H,25,26). The highest BCUT2D eigenvalue weighted by molar-refractivity contribution is 5.87. The zero-order valence-electron chi connectivity index (χ0n) is 14.9. The fourth-order valence-electron chi connectivity index (χ4n) is 3.57. The number of benzene rings is 1. The second-order valence-electron chi connectivity index (χ2n) is 6.99. The van der Waals surface area contributed by atoms with Gasteiger partial charge >= 0.3 is 5.97 Å². The SMILES string of the molecule is O=C(O)c1cccc(CC2CCN(C(=O)CCCc3cn[nH]c3)CC2)c1. The van der Waals surface area contributed by atoms with Crippen molar-refractivity contribution in [1.82, 2.24) is 15.1 Å². The van der Waals surface area contributed by atoms with Gasteiger partial charge in [0.2, 0.25) is 5.91 Å². The highest BCUT2D eigenvalue weighted by Crippen LogP contribution is 2.23. The van der Waals surface area contributed by atoms with Gasteiger partial charge in [-0.15, -0.1) is 0 Å². The molecule has 1 aliphatic rings. The van der Waals surface area contributed by atoms with Crippen LogP contribution in [0.4, 0.5) is 0 Å². The number of nitrogens with zero attached hydrogens (tertiary/aromatic N) is 2. The first-order valence-corrected chi connectivity index (χ1v) is 9.19. The van der Waals surface area contributed by atoms with Gasteiger partial charge in [-0.25, -0.2) is 4.79 Å². The Labute approximate surface area is 153 Å². The average Bonchev–Trinajstić information content (AvgIpc) is 3.16. The molecule has 1 aromatic carbocycles. The van der Waals surface area contributed by atoms with E-state index >= 15 is 0 Å². The Morgan fingerprint density at radius 2 is 2.04 bits per heavy atom. The van der Waals surface area contributed by atoms with Crippen molar-refractivity contribution in [3.8, 4) is 0 Å². The van der Waals surface area contributed by atoms with Crippen molar-refractivity contribution >= 4 is 11.9 Å². The Hall–Kier alpha value is -2.63. The molecule has 2 N–H and O–H groups in total. The highest BCUT2D eigenvalue weighted by Gasteiger charge is 2.22. The molecule has 1 saturated heterocycles. The number of aromatic carboxylic acids is 1. The number of H-pyrrole nitrogens is 1. The van der Waals surface area contributed by atoms with Crippen LogP contribution in [0.1, 0.15) is 47.2 Å². The molecule has 6 nitrogen and oxygen atoms in total. The Bertz CT molecular complexity index is 735. The molecule has 138 valence electrons. The van der Waals surface area contributed by atoms with Crippen molar-refractivity contribution in [3.05, 3.63) is 53.3 Å². The molecule has 2 aromatic rings. The maximum atomic E-state index is 12.3. The van der Waals surface area contributed by atoms with Crippen LogP contribution < -0.4 is 0 Å². The van der Waals surface area contributed by atoms with E-state index in [1.165, 1.54) is 0 Å². The molecule has 0 spiro atoms. The van der Waals surface area contributed by atoms with Gasteiger partial charge in [-0.05, 0) is 61.3 Å². The first-order chi connectivity index (χ1) is 12.6. The van der Waals surface area contributed by atoms with E-state index < -0.39 is 5.97 Å². The van der Waals surface area contributed by atoms with Gasteiger partial charge < -0.3 is 10.0 Å². The number of aryl methyl sites for hydroxylation is 1. The van der Waals surface area contributed by atoms with Crippen LogP contribution in [-0.4, -0.2) is 45.2 Å². The zero-order chi connectivity index (χ0) is 18.4. The predicted octanol–water partition coefficient (Wildman–Crippen LogP) is 2.91. The second kappa shape index (κ2) is 8.65. The summed E-state index contributed by atoms with van der Waals surface area (Å²) in [6.07, 6.45) is 8.80. The van der Waals surface area contributed by atoms with Crippen molar-refractivity contribution < 1.29 is 14.7 Å². The number of amides is 1. The van der Waals surface area contributed by atoms with E-state index in [0.717, 1.165) is 56.3 Å². The molecule has 1 fully saturated rings. The smallest absolute Gasteiger partial charge is 0.335 e. The number of rotatable bonds is 7. The Morgan fingerprint density at radius 1 is 1.23 bits per heavy atom. The van der Waals surface area contributed by atoms with Crippen LogP contribution in [0.5, 0.6) is 0 Å². The van der Waals surface area contributed by atoms with Gasteiger partial charge in [-0.3, -0.25) is 9.89 Å². The lowest BCUT2D eigenvalue weighted by atomic mass is 9.89. The van der Waals surface area contributed by atoms with E-state index in [0.29, 0.717) is 17.9 Å². The van der Waals surface area contributed by atoms with Gasteiger partial charge in [-0.1, -0.05) is 12.1 Å². The van der Waals surface area contributed by atoms with Gasteiger partial charge in [0.15, 0.2) is 0 Å². The van der Waals surface area contributed by atoms with E-state index in [-0.39, 0.29) is 5.91 Å². The molecular weight excluding hydrogens is 330 g/mol. The lowest BCUT2D eigenvalue weighted by Gasteiger charge is -2.32. The minimum atomic E-state index is -0.886. The van der Waals surface area contributed by atoms with Crippen LogP contribution in [0.3, 0.4) is 0 Å². The van der Waals surface area contributed by atoms with Crippen LogP contribution in [0.25, 0.3) is 0 Å². The highest BCUT2D eigenvalue weighted by atomic mass is 16.4. The molecule has 3 rings (SSSR count). The molecule has 0 unspecified atom stereocenters. The Morgan fingerprint density at radius 3 is 2.73 bits per heavy atom. The van der Waals surface area contributed by atoms with E-state index in [9.17, 15) is 9.59 Å². The number of hydrogen-bond donors (Lipinski definition) is 2. The van der Waals surface area contributed by atoms with Crippen molar-refractivity contribution in [2.45, 2.75) is 38.5 Å². The van der Waals surface area contributed by atoms with E-state index in [1.807, 2.05) is 17.2 Å². The molecule has 0 atom stereocenters. The van der Waals surface area contributed by atoms with Crippen molar-refractivity contribution in [2.75, 3.05) is 13.1 Å². The summed E-state index contributed by atoms with van der Waals surface area (Å²) in [6, 6.07) is 7.17. The van der Waals surface area contributed by atoms with Gasteiger partial charge in [-0.2, -0.15) is 5.10 Å². The molecule has 2 heterocycles. The first-order valence-electron chi connectivity index (χ1n) is 9.19. The Kier molecular flexibility index (Phi) is 6.04. The average molecular weight is 355 g/mol. The molecule has 26 heavy (non-hydrogen) atoms. The normalized spacial score (nSPS) is 15.2. The molecule has 0 aliphatic carbocycles. The third-order valence-electron chi connectivity index (χ3n) is 5.08. The number of piperidine rings is 1. The van der Waals surface area contributed by atoms with Crippen LogP contribution in [-0.2, 0) is 17.6 Å².